The molecule has 3 rings (SSSR count). The molecule has 3 nitrogen and oxygen atoms in total. The summed E-state index contributed by atoms with van der Waals surface area (Å²) in [5.74, 6) is 0.588. The second-order valence-corrected chi connectivity index (χ2v) is 6.24. The number of H-pyrrole nitrogens is 1. The summed E-state index contributed by atoms with van der Waals surface area (Å²) in [7, 11) is 1.85. The van der Waals surface area contributed by atoms with Crippen molar-refractivity contribution in [1.29, 1.82) is 0 Å². The highest BCUT2D eigenvalue weighted by Crippen LogP contribution is 2.27. The smallest absolute Gasteiger partial charge is 0.232 e. The minimum atomic E-state index is 0.138. The van der Waals surface area contributed by atoms with Crippen molar-refractivity contribution in [3.63, 3.8) is 0 Å². The van der Waals surface area contributed by atoms with Crippen molar-refractivity contribution in [2.24, 2.45) is 0 Å². The lowest BCUT2D eigenvalue weighted by Gasteiger charge is -2.17. The van der Waals surface area contributed by atoms with Crippen LogP contribution in [-0.2, 0) is 11.3 Å². The molecule has 2 aromatic carbocycles. The van der Waals surface area contributed by atoms with E-state index in [0.29, 0.717) is 12.3 Å². The number of hydrogen-bond donors (Lipinski definition) is 1. The number of nitrogens with zero attached hydrogens (tertiary/aromatic N) is 1. The number of hydrogen-bond acceptors (Lipinski definition) is 2. The second kappa shape index (κ2) is 6.71. The van der Waals surface area contributed by atoms with Crippen LogP contribution in [0.5, 0.6) is 0 Å². The fraction of sp³-hybridized carbons (Fsp3) is 0.167. The molecule has 0 aliphatic carbocycles. The molecule has 1 amide bonds. The number of carbonyl (C=O) groups is 1. The van der Waals surface area contributed by atoms with E-state index in [9.17, 15) is 4.79 Å². The van der Waals surface area contributed by atoms with Crippen LogP contribution in [0.3, 0.4) is 0 Å². The minimum absolute atomic E-state index is 0.138. The third kappa shape index (κ3) is 3.34. The number of amides is 1. The van der Waals surface area contributed by atoms with Gasteiger partial charge in [-0.1, -0.05) is 48.5 Å². The predicted molar refractivity (Wildman–Crippen MR) is 91.9 cm³/mol. The molecule has 1 heterocycles. The number of benzene rings is 2. The fourth-order valence-electron chi connectivity index (χ4n) is 2.36. The van der Waals surface area contributed by atoms with E-state index in [-0.39, 0.29) is 5.91 Å². The molecule has 3 aromatic rings. The van der Waals surface area contributed by atoms with Crippen molar-refractivity contribution >= 4 is 28.6 Å². The standard InChI is InChI=1S/C18H18N2OS/c1-20(12-14-7-3-2-4-8-14)18(21)13-22-17-11-19-16-10-6-5-9-15(16)17/h2-11,19H,12-13H2,1H3. The van der Waals surface area contributed by atoms with Crippen LogP contribution in [0.1, 0.15) is 5.56 Å². The Kier molecular flexibility index (Phi) is 4.49. The van der Waals surface area contributed by atoms with E-state index in [1.807, 2.05) is 61.8 Å². The molecule has 1 N–H and O–H groups in total. The van der Waals surface area contributed by atoms with E-state index in [2.05, 4.69) is 11.1 Å². The average Bonchev–Trinajstić information content (AvgIpc) is 2.97. The van der Waals surface area contributed by atoms with E-state index >= 15 is 0 Å². The molecule has 4 heteroatoms. The summed E-state index contributed by atoms with van der Waals surface area (Å²) in [5.41, 5.74) is 2.26. The van der Waals surface area contributed by atoms with Crippen LogP contribution in [0.15, 0.2) is 65.7 Å². The molecule has 1 aromatic heterocycles. The lowest BCUT2D eigenvalue weighted by atomic mass is 10.2. The van der Waals surface area contributed by atoms with Gasteiger partial charge in [0.15, 0.2) is 0 Å². The first-order chi connectivity index (χ1) is 10.7. The van der Waals surface area contributed by atoms with Crippen LogP contribution in [-0.4, -0.2) is 28.6 Å². The molecule has 112 valence electrons. The SMILES string of the molecule is CN(Cc1ccccc1)C(=O)CSc1c[nH]c2ccccc12. The topological polar surface area (TPSA) is 36.1 Å². The highest BCUT2D eigenvalue weighted by atomic mass is 32.2. The number of carbonyl (C=O) groups excluding carboxylic acids is 1. The number of fused-ring (bicyclic) bond motifs is 1. The normalized spacial score (nSPS) is 10.8. The molecular weight excluding hydrogens is 292 g/mol. The monoisotopic (exact) mass is 310 g/mol. The van der Waals surface area contributed by atoms with Crippen LogP contribution >= 0.6 is 11.8 Å². The first kappa shape index (κ1) is 14.7. The Morgan fingerprint density at radius 1 is 1.09 bits per heavy atom. The molecular formula is C18H18N2OS. The van der Waals surface area contributed by atoms with Gasteiger partial charge in [0.25, 0.3) is 0 Å². The van der Waals surface area contributed by atoms with E-state index in [4.69, 9.17) is 0 Å². The molecule has 0 bridgehead atoms. The number of rotatable bonds is 5. The number of thioether (sulfide) groups is 1. The number of para-hydroxylation sites is 1. The predicted octanol–water partition coefficient (Wildman–Crippen LogP) is 3.92. The quantitative estimate of drug-likeness (QED) is 0.725. The van der Waals surface area contributed by atoms with Gasteiger partial charge in [0.05, 0.1) is 5.75 Å². The van der Waals surface area contributed by atoms with Crippen LogP contribution in [0.25, 0.3) is 10.9 Å². The zero-order chi connectivity index (χ0) is 15.4. The Morgan fingerprint density at radius 3 is 2.64 bits per heavy atom. The molecule has 0 aliphatic heterocycles. The van der Waals surface area contributed by atoms with Crippen molar-refractivity contribution in [2.45, 2.75) is 11.4 Å². The molecule has 0 radical (unpaired) electrons. The lowest BCUT2D eigenvalue weighted by molar-refractivity contribution is -0.127. The van der Waals surface area contributed by atoms with Gasteiger partial charge in [0.1, 0.15) is 0 Å². The van der Waals surface area contributed by atoms with Gasteiger partial charge in [-0.3, -0.25) is 4.79 Å². The average molecular weight is 310 g/mol. The first-order valence-electron chi connectivity index (χ1n) is 7.21. The summed E-state index contributed by atoms with van der Waals surface area (Å²) in [6.45, 7) is 0.647. The number of aromatic amines is 1. The molecule has 0 aliphatic rings. The summed E-state index contributed by atoms with van der Waals surface area (Å²) in [4.78, 5) is 18.4. The molecule has 0 saturated heterocycles. The van der Waals surface area contributed by atoms with Crippen molar-refractivity contribution in [3.8, 4) is 0 Å². The molecule has 0 spiro atoms. The Balaban J connectivity index is 1.60. The summed E-state index contributed by atoms with van der Waals surface area (Å²) in [6.07, 6.45) is 1.97. The lowest BCUT2D eigenvalue weighted by Crippen LogP contribution is -2.27. The largest absolute Gasteiger partial charge is 0.360 e. The minimum Gasteiger partial charge on any atom is -0.360 e. The Bertz CT molecular complexity index is 767. The van der Waals surface area contributed by atoms with Crippen molar-refractivity contribution in [3.05, 3.63) is 66.4 Å². The molecule has 0 fully saturated rings. The molecule has 0 unspecified atom stereocenters. The second-order valence-electron chi connectivity index (χ2n) is 5.22. The van der Waals surface area contributed by atoms with Gasteiger partial charge in [-0.05, 0) is 11.6 Å². The Labute approximate surface area is 134 Å². The van der Waals surface area contributed by atoms with Crippen LogP contribution in [0, 0.1) is 0 Å². The number of aromatic nitrogens is 1. The maximum Gasteiger partial charge on any atom is 0.232 e. The molecule has 22 heavy (non-hydrogen) atoms. The van der Waals surface area contributed by atoms with Crippen LogP contribution < -0.4 is 0 Å². The zero-order valence-electron chi connectivity index (χ0n) is 12.5. The molecule has 0 atom stereocenters. The number of nitrogens with one attached hydrogen (secondary N) is 1. The summed E-state index contributed by atoms with van der Waals surface area (Å²) in [5, 5.41) is 1.17. The van der Waals surface area contributed by atoms with E-state index in [1.54, 1.807) is 16.7 Å². The Hall–Kier alpha value is -2.20. The van der Waals surface area contributed by atoms with E-state index < -0.39 is 0 Å². The molecule has 0 saturated carbocycles. The third-order valence-corrected chi connectivity index (χ3v) is 4.63. The van der Waals surface area contributed by atoms with Crippen LogP contribution in [0.2, 0.25) is 0 Å². The maximum atomic E-state index is 12.3. The zero-order valence-corrected chi connectivity index (χ0v) is 13.3. The first-order valence-corrected chi connectivity index (χ1v) is 8.19. The van der Waals surface area contributed by atoms with Gasteiger partial charge in [-0.2, -0.15) is 0 Å². The summed E-state index contributed by atoms with van der Waals surface area (Å²) >= 11 is 1.58. The van der Waals surface area contributed by atoms with Gasteiger partial charge in [-0.15, -0.1) is 11.8 Å². The highest BCUT2D eigenvalue weighted by molar-refractivity contribution is 8.00. The van der Waals surface area contributed by atoms with Gasteiger partial charge < -0.3 is 9.88 Å². The van der Waals surface area contributed by atoms with E-state index in [0.717, 1.165) is 16.0 Å². The van der Waals surface area contributed by atoms with Gasteiger partial charge in [0, 0.05) is 35.6 Å². The van der Waals surface area contributed by atoms with E-state index in [1.165, 1.54) is 5.39 Å². The van der Waals surface area contributed by atoms with Gasteiger partial charge >= 0.3 is 0 Å². The van der Waals surface area contributed by atoms with Crippen molar-refractivity contribution in [1.82, 2.24) is 9.88 Å². The third-order valence-electron chi connectivity index (χ3n) is 3.59. The van der Waals surface area contributed by atoms with Crippen molar-refractivity contribution < 1.29 is 4.79 Å². The van der Waals surface area contributed by atoms with Crippen LogP contribution in [0.4, 0.5) is 0 Å². The fourth-order valence-corrected chi connectivity index (χ4v) is 3.33. The highest BCUT2D eigenvalue weighted by Gasteiger charge is 2.11. The van der Waals surface area contributed by atoms with Crippen molar-refractivity contribution in [2.75, 3.05) is 12.8 Å². The van der Waals surface area contributed by atoms with Gasteiger partial charge in [-0.25, -0.2) is 0 Å². The summed E-state index contributed by atoms with van der Waals surface area (Å²) < 4.78 is 0. The maximum absolute atomic E-state index is 12.3. The Morgan fingerprint density at radius 2 is 1.82 bits per heavy atom. The summed E-state index contributed by atoms with van der Waals surface area (Å²) in [6, 6.07) is 18.2. The van der Waals surface area contributed by atoms with Gasteiger partial charge in [0.2, 0.25) is 5.91 Å².